The summed E-state index contributed by atoms with van der Waals surface area (Å²) in [7, 11) is 0.841. The second-order valence-electron chi connectivity index (χ2n) is 8.59. The third-order valence-electron chi connectivity index (χ3n) is 6.03. The van der Waals surface area contributed by atoms with E-state index in [0.29, 0.717) is 31.1 Å². The Hall–Kier alpha value is -2.33. The van der Waals surface area contributed by atoms with Crippen molar-refractivity contribution in [2.75, 3.05) is 45.2 Å². The topological polar surface area (TPSA) is 84.5 Å². The van der Waals surface area contributed by atoms with Crippen molar-refractivity contribution >= 4 is 27.4 Å². The average molecular weight is 434 g/mol. The SMILES string of the molecule is CCCc1cnc2c(N3CCN(C(=O)N(C)C)CC3)cc(S3(=O)=[O+]C4(CC4)N3)cn12. The molecule has 4 heterocycles. The number of pyridine rings is 1. The highest BCUT2D eigenvalue weighted by Crippen LogP contribution is 2.43. The van der Waals surface area contributed by atoms with Gasteiger partial charge < -0.3 is 19.1 Å². The lowest BCUT2D eigenvalue weighted by atomic mass is 10.2. The Morgan fingerprint density at radius 1 is 1.30 bits per heavy atom. The van der Waals surface area contributed by atoms with E-state index in [2.05, 4.69) is 25.9 Å². The van der Waals surface area contributed by atoms with Crippen LogP contribution in [0.5, 0.6) is 0 Å². The standard InChI is InChI=1S/C20H29N6O3S/c1-4-5-15-13-21-18-17(24-8-10-25(11-9-24)19(27)23(2)3)12-16(14-26(15)18)30(28)22-20(29-30)6-7-20/h12-14H,4-11H2,1-3H3,(H,22,28)/q+1. The normalized spacial score (nSPS) is 24.6. The fraction of sp³-hybridized carbons (Fsp3) is 0.600. The number of rotatable bonds is 4. The van der Waals surface area contributed by atoms with Crippen LogP contribution in [0.2, 0.25) is 0 Å². The number of hydrogen-bond acceptors (Lipinski definition) is 4. The molecule has 9 nitrogen and oxygen atoms in total. The maximum atomic E-state index is 13.3. The molecule has 1 unspecified atom stereocenters. The van der Waals surface area contributed by atoms with E-state index in [1.807, 2.05) is 23.4 Å². The van der Waals surface area contributed by atoms with E-state index in [4.69, 9.17) is 3.84 Å². The smallest absolute Gasteiger partial charge is 0.365 e. The van der Waals surface area contributed by atoms with Crippen LogP contribution in [0.25, 0.3) is 5.65 Å². The average Bonchev–Trinajstić information content (AvgIpc) is 3.39. The summed E-state index contributed by atoms with van der Waals surface area (Å²) in [5, 5.41) is 0. The van der Waals surface area contributed by atoms with Gasteiger partial charge in [0.25, 0.3) is 0 Å². The van der Waals surface area contributed by atoms with Gasteiger partial charge in [0, 0.05) is 58.4 Å². The summed E-state index contributed by atoms with van der Waals surface area (Å²) in [6.07, 6.45) is 7.54. The second-order valence-corrected chi connectivity index (χ2v) is 10.4. The largest absolute Gasteiger partial charge is 0.388 e. The first-order chi connectivity index (χ1) is 14.3. The maximum absolute atomic E-state index is 13.3. The van der Waals surface area contributed by atoms with Crippen molar-refractivity contribution < 1.29 is 12.8 Å². The summed E-state index contributed by atoms with van der Waals surface area (Å²) in [4.78, 5) is 23.3. The molecule has 2 fully saturated rings. The summed E-state index contributed by atoms with van der Waals surface area (Å²) in [6.45, 7) is 4.83. The Morgan fingerprint density at radius 2 is 2.00 bits per heavy atom. The molecular formula is C20H29N6O3S+. The molecule has 1 saturated heterocycles. The number of carbonyl (C=O) groups is 1. The van der Waals surface area contributed by atoms with Crippen molar-refractivity contribution in [1.82, 2.24) is 23.9 Å². The zero-order chi connectivity index (χ0) is 21.1. The number of hydrogen-bond donors (Lipinski definition) is 1. The zero-order valence-electron chi connectivity index (χ0n) is 17.8. The van der Waals surface area contributed by atoms with E-state index in [-0.39, 0.29) is 11.8 Å². The van der Waals surface area contributed by atoms with Crippen LogP contribution >= 0.6 is 0 Å². The number of urea groups is 1. The van der Waals surface area contributed by atoms with Crippen LogP contribution in [0.1, 0.15) is 31.9 Å². The van der Waals surface area contributed by atoms with E-state index in [1.54, 1.807) is 19.0 Å². The minimum atomic E-state index is -2.71. The van der Waals surface area contributed by atoms with Crippen molar-refractivity contribution in [3.63, 3.8) is 0 Å². The van der Waals surface area contributed by atoms with Gasteiger partial charge in [-0.25, -0.2) is 9.78 Å². The van der Waals surface area contributed by atoms with Crippen molar-refractivity contribution in [1.29, 1.82) is 0 Å². The predicted octanol–water partition coefficient (Wildman–Crippen LogP) is 1.62. The highest BCUT2D eigenvalue weighted by molar-refractivity contribution is 7.90. The summed E-state index contributed by atoms with van der Waals surface area (Å²) in [5.74, 6) is 0. The summed E-state index contributed by atoms with van der Waals surface area (Å²) >= 11 is 0. The minimum Gasteiger partial charge on any atom is -0.365 e. The van der Waals surface area contributed by atoms with Crippen LogP contribution in [0.3, 0.4) is 0 Å². The maximum Gasteiger partial charge on any atom is 0.388 e. The zero-order valence-corrected chi connectivity index (χ0v) is 18.6. The van der Waals surface area contributed by atoms with Gasteiger partial charge in [-0.2, -0.15) is 8.05 Å². The molecule has 30 heavy (non-hydrogen) atoms. The number of aromatic nitrogens is 2. The van der Waals surface area contributed by atoms with Gasteiger partial charge in [-0.05, 0) is 12.5 Å². The predicted molar refractivity (Wildman–Crippen MR) is 114 cm³/mol. The lowest BCUT2D eigenvalue weighted by Gasteiger charge is -2.37. The Labute approximate surface area is 177 Å². The quantitative estimate of drug-likeness (QED) is 0.743. The molecule has 3 aliphatic rings. The Morgan fingerprint density at radius 3 is 2.60 bits per heavy atom. The van der Waals surface area contributed by atoms with E-state index in [9.17, 15) is 9.00 Å². The summed E-state index contributed by atoms with van der Waals surface area (Å²) < 4.78 is 24.4. The number of amides is 2. The first kappa shape index (κ1) is 19.6. The van der Waals surface area contributed by atoms with Gasteiger partial charge in [-0.1, -0.05) is 18.1 Å². The lowest BCUT2D eigenvalue weighted by molar-refractivity contribution is -0.0413. The molecule has 1 aliphatic carbocycles. The first-order valence-corrected chi connectivity index (χ1v) is 12.1. The van der Waals surface area contributed by atoms with Gasteiger partial charge in [0.15, 0.2) is 10.5 Å². The van der Waals surface area contributed by atoms with Crippen LogP contribution in [-0.2, 0) is 20.3 Å². The molecule has 1 spiro atoms. The lowest BCUT2D eigenvalue weighted by Crippen LogP contribution is -2.51. The van der Waals surface area contributed by atoms with E-state index in [0.717, 1.165) is 42.7 Å². The minimum absolute atomic E-state index is 0.0318. The molecule has 2 aromatic heterocycles. The van der Waals surface area contributed by atoms with Gasteiger partial charge in [-0.3, -0.25) is 0 Å². The fourth-order valence-corrected chi connectivity index (χ4v) is 6.26. The molecule has 2 aliphatic heterocycles. The van der Waals surface area contributed by atoms with Crippen molar-refractivity contribution in [3.05, 3.63) is 24.2 Å². The molecule has 1 saturated carbocycles. The summed E-state index contributed by atoms with van der Waals surface area (Å²) in [5.41, 5.74) is 2.54. The van der Waals surface area contributed by atoms with Gasteiger partial charge >= 0.3 is 21.8 Å². The Bertz CT molecular complexity index is 1120. The van der Waals surface area contributed by atoms with Crippen molar-refractivity contribution in [3.8, 4) is 0 Å². The number of piperazine rings is 1. The van der Waals surface area contributed by atoms with E-state index >= 15 is 0 Å². The van der Waals surface area contributed by atoms with Crippen LogP contribution in [0.4, 0.5) is 10.5 Å². The molecule has 1 N–H and O–H groups in total. The molecule has 1 atom stereocenters. The van der Waals surface area contributed by atoms with Gasteiger partial charge in [0.2, 0.25) is 0 Å². The molecule has 2 aromatic rings. The molecule has 0 bridgehead atoms. The van der Waals surface area contributed by atoms with Crippen LogP contribution in [0.15, 0.2) is 23.4 Å². The first-order valence-electron chi connectivity index (χ1n) is 10.6. The molecule has 10 heteroatoms. The van der Waals surface area contributed by atoms with E-state index < -0.39 is 10.0 Å². The number of nitrogens with one attached hydrogen (secondary N) is 1. The molecule has 0 aromatic carbocycles. The second kappa shape index (κ2) is 6.84. The molecular weight excluding hydrogens is 404 g/mol. The highest BCUT2D eigenvalue weighted by atomic mass is 32.2. The van der Waals surface area contributed by atoms with Gasteiger partial charge in [0.05, 0.1) is 18.5 Å². The number of fused-ring (bicyclic) bond motifs is 1. The monoisotopic (exact) mass is 433 g/mol. The van der Waals surface area contributed by atoms with Crippen LogP contribution < -0.4 is 9.62 Å². The van der Waals surface area contributed by atoms with Gasteiger partial charge in [-0.15, -0.1) is 0 Å². The number of imidazole rings is 1. The number of nitrogens with zero attached hydrogens (tertiary/aromatic N) is 5. The molecule has 162 valence electrons. The Balaban J connectivity index is 1.52. The third kappa shape index (κ3) is 3.13. The fourth-order valence-electron chi connectivity index (χ4n) is 4.22. The third-order valence-corrected chi connectivity index (χ3v) is 8.07. The Kier molecular flexibility index (Phi) is 4.48. The van der Waals surface area contributed by atoms with Crippen molar-refractivity contribution in [2.45, 2.75) is 43.2 Å². The van der Waals surface area contributed by atoms with Crippen LogP contribution in [-0.4, -0.2) is 75.4 Å². The number of carbonyl (C=O) groups excluding carboxylic acids is 1. The number of anilines is 1. The molecule has 0 radical (unpaired) electrons. The van der Waals surface area contributed by atoms with E-state index in [1.165, 1.54) is 0 Å². The highest BCUT2D eigenvalue weighted by Gasteiger charge is 2.68. The van der Waals surface area contributed by atoms with Crippen molar-refractivity contribution in [2.24, 2.45) is 0 Å². The molecule has 5 rings (SSSR count). The summed E-state index contributed by atoms with van der Waals surface area (Å²) in [6, 6.07) is 1.98. The molecule has 2 amide bonds. The number of aryl methyl sites for hydroxylation is 1. The van der Waals surface area contributed by atoms with Crippen LogP contribution in [0, 0.1) is 0 Å². The van der Waals surface area contributed by atoms with Gasteiger partial charge in [0.1, 0.15) is 0 Å².